The number of amides is 1. The molecule has 3 heterocycles. The van der Waals surface area contributed by atoms with E-state index < -0.39 is 0 Å². The van der Waals surface area contributed by atoms with Crippen LogP contribution in [0.3, 0.4) is 0 Å². The Morgan fingerprint density at radius 3 is 2.53 bits per heavy atom. The van der Waals surface area contributed by atoms with E-state index in [0.29, 0.717) is 11.9 Å². The van der Waals surface area contributed by atoms with Gasteiger partial charge in [-0.2, -0.15) is 4.52 Å². The Hall–Kier alpha value is -2.67. The van der Waals surface area contributed by atoms with Crippen molar-refractivity contribution < 1.29 is 4.79 Å². The van der Waals surface area contributed by atoms with Gasteiger partial charge in [-0.25, -0.2) is 0 Å². The van der Waals surface area contributed by atoms with E-state index in [-0.39, 0.29) is 12.0 Å². The number of fused-ring (bicyclic) bond motifs is 1. The van der Waals surface area contributed by atoms with Crippen LogP contribution in [-0.2, 0) is 4.79 Å². The number of carbonyl (C=O) groups excluding carboxylic acids is 1. The van der Waals surface area contributed by atoms with E-state index in [1.807, 2.05) is 36.4 Å². The average Bonchev–Trinajstić information content (AvgIpc) is 3.49. The molecular weight excluding hydrogens is 400 g/mol. The first kappa shape index (κ1) is 19.3. The van der Waals surface area contributed by atoms with Crippen LogP contribution >= 0.6 is 11.6 Å². The lowest BCUT2D eigenvalue weighted by atomic mass is 9.93. The maximum Gasteiger partial charge on any atom is 0.226 e. The molecule has 156 valence electrons. The number of nitrogens with zero attached hydrogens (tertiary/aromatic N) is 6. The number of carbonyl (C=O) groups is 1. The highest BCUT2D eigenvalue weighted by molar-refractivity contribution is 6.30. The third kappa shape index (κ3) is 3.74. The summed E-state index contributed by atoms with van der Waals surface area (Å²) < 4.78 is 1.69. The first-order chi connectivity index (χ1) is 14.6. The van der Waals surface area contributed by atoms with Gasteiger partial charge in [0, 0.05) is 30.1 Å². The van der Waals surface area contributed by atoms with E-state index in [1.165, 1.54) is 0 Å². The molecule has 2 fully saturated rings. The molecule has 1 saturated heterocycles. The fraction of sp³-hybridized carbons (Fsp3) is 0.455. The topological polar surface area (TPSA) is 66.6 Å². The Morgan fingerprint density at radius 2 is 1.83 bits per heavy atom. The zero-order valence-electron chi connectivity index (χ0n) is 17.0. The molecule has 7 nitrogen and oxygen atoms in total. The summed E-state index contributed by atoms with van der Waals surface area (Å²) in [5.74, 6) is 1.26. The summed E-state index contributed by atoms with van der Waals surface area (Å²) in [4.78, 5) is 17.9. The molecule has 1 unspecified atom stereocenters. The van der Waals surface area contributed by atoms with Crippen molar-refractivity contribution in [3.05, 3.63) is 53.3 Å². The first-order valence-electron chi connectivity index (χ1n) is 10.6. The van der Waals surface area contributed by atoms with Gasteiger partial charge in [0.1, 0.15) is 12.1 Å². The molecule has 5 rings (SSSR count). The minimum atomic E-state index is 0.0650. The second-order valence-corrected chi connectivity index (χ2v) is 8.73. The number of rotatable bonds is 5. The molecule has 0 radical (unpaired) electrons. The van der Waals surface area contributed by atoms with Gasteiger partial charge in [-0.05, 0) is 62.4 Å². The van der Waals surface area contributed by atoms with Crippen molar-refractivity contribution in [2.24, 2.45) is 5.92 Å². The highest BCUT2D eigenvalue weighted by Gasteiger charge is 2.39. The smallest absolute Gasteiger partial charge is 0.226 e. The lowest BCUT2D eigenvalue weighted by molar-refractivity contribution is -0.139. The molecule has 1 aliphatic heterocycles. The molecule has 0 spiro atoms. The number of anilines is 1. The van der Waals surface area contributed by atoms with Crippen molar-refractivity contribution in [1.82, 2.24) is 24.7 Å². The zero-order valence-corrected chi connectivity index (χ0v) is 17.7. The van der Waals surface area contributed by atoms with Crippen LogP contribution < -0.4 is 4.90 Å². The maximum absolute atomic E-state index is 13.5. The van der Waals surface area contributed by atoms with E-state index in [2.05, 4.69) is 32.0 Å². The van der Waals surface area contributed by atoms with E-state index >= 15 is 0 Å². The Labute approximate surface area is 180 Å². The molecular formula is C22H25ClN6O. The van der Waals surface area contributed by atoms with Gasteiger partial charge >= 0.3 is 0 Å². The van der Waals surface area contributed by atoms with Crippen molar-refractivity contribution >= 4 is 29.0 Å². The fourth-order valence-electron chi connectivity index (χ4n) is 4.40. The molecule has 0 N–H and O–H groups in total. The Bertz CT molecular complexity index is 1040. The lowest BCUT2D eigenvalue weighted by Gasteiger charge is -2.37. The van der Waals surface area contributed by atoms with Gasteiger partial charge in [0.15, 0.2) is 5.65 Å². The van der Waals surface area contributed by atoms with Gasteiger partial charge in [0.2, 0.25) is 5.91 Å². The second-order valence-electron chi connectivity index (χ2n) is 8.29. The molecule has 8 heteroatoms. The number of halogens is 1. The molecule has 2 aromatic heterocycles. The monoisotopic (exact) mass is 424 g/mol. The van der Waals surface area contributed by atoms with Crippen LogP contribution in [0.5, 0.6) is 0 Å². The highest BCUT2D eigenvalue weighted by atomic mass is 35.5. The van der Waals surface area contributed by atoms with Crippen LogP contribution in [0.4, 0.5) is 5.82 Å². The van der Waals surface area contributed by atoms with Crippen LogP contribution in [0.2, 0.25) is 5.02 Å². The van der Waals surface area contributed by atoms with Crippen molar-refractivity contribution in [3.63, 3.8) is 0 Å². The van der Waals surface area contributed by atoms with E-state index in [4.69, 9.17) is 11.6 Å². The summed E-state index contributed by atoms with van der Waals surface area (Å²) in [6.45, 7) is 3.78. The summed E-state index contributed by atoms with van der Waals surface area (Å²) in [6, 6.07) is 12.2. The molecule has 1 aromatic carbocycles. The highest BCUT2D eigenvalue weighted by Crippen LogP contribution is 2.37. The largest absolute Gasteiger partial charge is 0.355 e. The van der Waals surface area contributed by atoms with Crippen molar-refractivity contribution in [2.75, 3.05) is 18.0 Å². The molecule has 1 aliphatic carbocycles. The van der Waals surface area contributed by atoms with Crippen LogP contribution in [0.25, 0.3) is 5.65 Å². The van der Waals surface area contributed by atoms with Gasteiger partial charge in [-0.1, -0.05) is 23.7 Å². The van der Waals surface area contributed by atoms with Gasteiger partial charge in [0.25, 0.3) is 0 Å². The minimum Gasteiger partial charge on any atom is -0.355 e. The van der Waals surface area contributed by atoms with Gasteiger partial charge in [0.05, 0.1) is 6.04 Å². The van der Waals surface area contributed by atoms with Gasteiger partial charge in [-0.3, -0.25) is 4.79 Å². The number of aromatic nitrogens is 4. The zero-order chi connectivity index (χ0) is 20.7. The lowest BCUT2D eigenvalue weighted by Crippen LogP contribution is -2.44. The quantitative estimate of drug-likeness (QED) is 0.624. The second kappa shape index (κ2) is 7.87. The number of benzene rings is 1. The molecule has 30 heavy (non-hydrogen) atoms. The standard InChI is InChI=1S/C22H25ClN6O/c1-15(16-2-4-18(23)5-3-16)29(19-6-7-19)22(30)17-10-12-27(13-11-17)21-9-8-20-25-24-14-28(20)26-21/h2-5,8-9,14-15,17,19H,6-7,10-13H2,1H3. The summed E-state index contributed by atoms with van der Waals surface area (Å²) in [6.07, 6.45) is 5.51. The number of hydrogen-bond acceptors (Lipinski definition) is 5. The predicted molar refractivity (Wildman–Crippen MR) is 115 cm³/mol. The summed E-state index contributed by atoms with van der Waals surface area (Å²) in [5, 5.41) is 13.2. The maximum atomic E-state index is 13.5. The SMILES string of the molecule is CC(c1ccc(Cl)cc1)N(C(=O)C1CCN(c2ccc3nncn3n2)CC1)C1CC1. The molecule has 2 aliphatic rings. The third-order valence-electron chi connectivity index (χ3n) is 6.28. The Balaban J connectivity index is 1.27. The molecule has 1 saturated carbocycles. The van der Waals surface area contributed by atoms with Crippen LogP contribution in [0, 0.1) is 5.92 Å². The Kier molecular flexibility index (Phi) is 5.06. The molecule has 0 bridgehead atoms. The van der Waals surface area contributed by atoms with E-state index in [9.17, 15) is 4.79 Å². The first-order valence-corrected chi connectivity index (χ1v) is 11.0. The molecule has 3 aromatic rings. The van der Waals surface area contributed by atoms with Crippen molar-refractivity contribution in [2.45, 2.75) is 44.7 Å². The van der Waals surface area contributed by atoms with E-state index in [0.717, 1.165) is 60.8 Å². The molecule has 1 amide bonds. The van der Waals surface area contributed by atoms with Gasteiger partial charge < -0.3 is 9.80 Å². The summed E-state index contributed by atoms with van der Waals surface area (Å²) in [7, 11) is 0. The Morgan fingerprint density at radius 1 is 1.10 bits per heavy atom. The fourth-order valence-corrected chi connectivity index (χ4v) is 4.52. The predicted octanol–water partition coefficient (Wildman–Crippen LogP) is 3.75. The number of piperidine rings is 1. The van der Waals surface area contributed by atoms with Crippen LogP contribution in [0.1, 0.15) is 44.2 Å². The van der Waals surface area contributed by atoms with E-state index in [1.54, 1.807) is 10.8 Å². The van der Waals surface area contributed by atoms with Crippen molar-refractivity contribution in [1.29, 1.82) is 0 Å². The number of hydrogen-bond donors (Lipinski definition) is 0. The normalized spacial score (nSPS) is 18.5. The molecule has 1 atom stereocenters. The third-order valence-corrected chi connectivity index (χ3v) is 6.53. The van der Waals surface area contributed by atoms with Crippen LogP contribution in [0.15, 0.2) is 42.7 Å². The summed E-state index contributed by atoms with van der Waals surface area (Å²) >= 11 is 6.05. The van der Waals surface area contributed by atoms with Crippen LogP contribution in [-0.4, -0.2) is 49.7 Å². The average molecular weight is 425 g/mol. The van der Waals surface area contributed by atoms with Crippen molar-refractivity contribution in [3.8, 4) is 0 Å². The van der Waals surface area contributed by atoms with Gasteiger partial charge in [-0.15, -0.1) is 15.3 Å². The summed E-state index contributed by atoms with van der Waals surface area (Å²) in [5.41, 5.74) is 1.88. The minimum absolute atomic E-state index is 0.0650.